The number of aromatic nitrogens is 6. The van der Waals surface area contributed by atoms with Crippen molar-refractivity contribution in [3.05, 3.63) is 88.8 Å². The molecule has 3 saturated heterocycles. The summed E-state index contributed by atoms with van der Waals surface area (Å²) in [5.41, 5.74) is 6.07. The van der Waals surface area contributed by atoms with Crippen molar-refractivity contribution in [2.24, 2.45) is 13.0 Å². The highest BCUT2D eigenvalue weighted by Crippen LogP contribution is 2.42. The molecule has 0 spiro atoms. The van der Waals surface area contributed by atoms with Crippen LogP contribution >= 0.6 is 23.9 Å². The molecule has 71 heavy (non-hydrogen) atoms. The zero-order valence-corrected chi connectivity index (χ0v) is 41.9. The summed E-state index contributed by atoms with van der Waals surface area (Å²) in [6.07, 6.45) is 10.5. The van der Waals surface area contributed by atoms with Crippen LogP contribution in [0.3, 0.4) is 0 Å². The van der Waals surface area contributed by atoms with E-state index in [4.69, 9.17) is 9.72 Å². The van der Waals surface area contributed by atoms with E-state index in [1.807, 2.05) is 53.5 Å². The second kappa shape index (κ2) is 19.6. The molecule has 3 aromatic carbocycles. The van der Waals surface area contributed by atoms with Gasteiger partial charge in [-0.05, 0) is 84.8 Å². The lowest BCUT2D eigenvalue weighted by molar-refractivity contribution is -0.136. The quantitative estimate of drug-likeness (QED) is 0.0956. The van der Waals surface area contributed by atoms with Gasteiger partial charge in [-0.3, -0.25) is 48.8 Å². The van der Waals surface area contributed by atoms with E-state index in [0.29, 0.717) is 86.2 Å². The Kier molecular flexibility index (Phi) is 13.1. The van der Waals surface area contributed by atoms with Crippen molar-refractivity contribution < 1.29 is 33.1 Å². The number of piperidine rings is 2. The number of nitrogens with zero attached hydrogens (tertiary/aromatic N) is 10. The normalized spacial score (nSPS) is 17.6. The first-order chi connectivity index (χ1) is 34.2. The molecule has 4 aliphatic heterocycles. The maximum atomic E-state index is 15.6. The molecular weight excluding hydrogens is 996 g/mol. The number of hydrogen-bond acceptors (Lipinski definition) is 15. The number of anilines is 6. The van der Waals surface area contributed by atoms with E-state index in [9.17, 15) is 24.0 Å². The number of carbonyl (C=O) groups excluding carboxylic acids is 5. The minimum absolute atomic E-state index is 0.00890. The number of amides is 5. The van der Waals surface area contributed by atoms with Crippen LogP contribution in [0.15, 0.2) is 71.9 Å². The summed E-state index contributed by atoms with van der Waals surface area (Å²) in [4.78, 5) is 90.1. The number of aryl methyl sites for hydroxylation is 1. The van der Waals surface area contributed by atoms with Crippen molar-refractivity contribution in [1.82, 2.24) is 44.8 Å². The van der Waals surface area contributed by atoms with Crippen molar-refractivity contribution in [1.29, 1.82) is 0 Å². The molecule has 0 aliphatic carbocycles. The molecule has 5 amide bonds. The lowest BCUT2D eigenvalue weighted by Crippen LogP contribution is -2.54. The topological polar surface area (TPSA) is 213 Å². The molecule has 19 nitrogen and oxygen atoms in total. The molecule has 7 heterocycles. The number of methoxy groups -OCH3 is 1. The number of benzene rings is 3. The number of halogens is 2. The molecule has 0 radical (unpaired) electrons. The number of imide groups is 2. The third kappa shape index (κ3) is 9.35. The Labute approximate surface area is 417 Å². The van der Waals surface area contributed by atoms with Crippen molar-refractivity contribution in [3.8, 4) is 16.9 Å². The Balaban J connectivity index is 0.792. The summed E-state index contributed by atoms with van der Waals surface area (Å²) in [6, 6.07) is 9.26. The predicted molar refractivity (Wildman–Crippen MR) is 271 cm³/mol. The van der Waals surface area contributed by atoms with Gasteiger partial charge in [0.25, 0.3) is 11.8 Å². The van der Waals surface area contributed by atoms with E-state index < -0.39 is 43.4 Å². The number of carbonyl (C=O) groups is 5. The number of rotatable bonds is 12. The minimum atomic E-state index is -1.14. The zero-order valence-electron chi connectivity index (χ0n) is 39.4. The van der Waals surface area contributed by atoms with Crippen LogP contribution in [0.5, 0.6) is 5.75 Å². The standard InChI is InChI=1S/C49H50BrFN13O6P/c1-60-26-28(24-55-60)29-21-36(57-49-54-25-32(50)45(59-49)56-35-6-5-34-43(44(35)71(3)4)53-12-11-52-34)40(70-2)23-38(29)62-15-17-63(18-16-62)42(66)19-27-9-13-61(14-10-27)39-22-31-30(20-33(39)51)47(68)64(48(31)69)37-7-8-41(65)58-46(37)67/h5-6,11-12,20-27,37H,7-10,13-19H2,1-4H3,(H,58,65,67)(H2,54,56,57,59). The van der Waals surface area contributed by atoms with Gasteiger partial charge in [0, 0.05) is 118 Å². The lowest BCUT2D eigenvalue weighted by atomic mass is 9.92. The summed E-state index contributed by atoms with van der Waals surface area (Å²) in [5, 5.41) is 14.6. The molecule has 6 aromatic rings. The van der Waals surface area contributed by atoms with Crippen LogP contribution in [-0.2, 0) is 21.4 Å². The number of ether oxygens (including phenoxy) is 1. The monoisotopic (exact) mass is 1050 g/mol. The van der Waals surface area contributed by atoms with E-state index in [0.717, 1.165) is 49.8 Å². The van der Waals surface area contributed by atoms with Gasteiger partial charge >= 0.3 is 0 Å². The van der Waals surface area contributed by atoms with Gasteiger partial charge in [-0.15, -0.1) is 0 Å². The second-order valence-corrected chi connectivity index (χ2v) is 21.3. The van der Waals surface area contributed by atoms with Crippen LogP contribution in [0.2, 0.25) is 0 Å². The summed E-state index contributed by atoms with van der Waals surface area (Å²) >= 11 is 3.64. The third-order valence-electron chi connectivity index (χ3n) is 13.5. The molecule has 1 atom stereocenters. The fourth-order valence-electron chi connectivity index (χ4n) is 9.90. The molecule has 0 bridgehead atoms. The van der Waals surface area contributed by atoms with Gasteiger partial charge in [0.05, 0.1) is 51.3 Å². The molecule has 3 N–H and O–H groups in total. The molecule has 366 valence electrons. The smallest absolute Gasteiger partial charge is 0.262 e. The van der Waals surface area contributed by atoms with Gasteiger partial charge in [-0.1, -0.05) is 7.92 Å². The average molecular weight is 1050 g/mol. The molecular formula is C49H50BrFN13O6P. The van der Waals surface area contributed by atoms with Crippen molar-refractivity contribution in [3.63, 3.8) is 0 Å². The van der Waals surface area contributed by atoms with E-state index in [2.05, 4.69) is 70.2 Å². The SMILES string of the molecule is COc1cc(N2CCN(C(=O)CC3CCN(c4cc5c(cc4F)C(=O)N(C4CCC(=O)NC4=O)C5=O)CC3)CC2)c(-c2cnn(C)c2)cc1Nc1ncc(Br)c(Nc2ccc3nccnc3c2P(C)C)n1. The zero-order chi connectivity index (χ0) is 49.7. The second-order valence-electron chi connectivity index (χ2n) is 18.2. The van der Waals surface area contributed by atoms with Gasteiger partial charge in [0.15, 0.2) is 0 Å². The van der Waals surface area contributed by atoms with E-state index in [1.54, 1.807) is 30.4 Å². The molecule has 3 aromatic heterocycles. The Morgan fingerprint density at radius 3 is 2.30 bits per heavy atom. The summed E-state index contributed by atoms with van der Waals surface area (Å²) in [7, 11) is 2.93. The van der Waals surface area contributed by atoms with Gasteiger partial charge in [0.2, 0.25) is 23.7 Å². The highest BCUT2D eigenvalue weighted by molar-refractivity contribution is 9.10. The van der Waals surface area contributed by atoms with Gasteiger partial charge in [-0.25, -0.2) is 9.37 Å². The fourth-order valence-corrected chi connectivity index (χ4v) is 11.4. The Morgan fingerprint density at radius 2 is 1.59 bits per heavy atom. The largest absolute Gasteiger partial charge is 0.494 e. The third-order valence-corrected chi connectivity index (χ3v) is 15.5. The van der Waals surface area contributed by atoms with Crippen molar-refractivity contribution in [2.75, 3.05) is 80.1 Å². The van der Waals surface area contributed by atoms with Crippen molar-refractivity contribution >= 4 is 104 Å². The van der Waals surface area contributed by atoms with E-state index in [1.165, 1.54) is 6.07 Å². The summed E-state index contributed by atoms with van der Waals surface area (Å²) in [6.45, 7) is 7.47. The highest BCUT2D eigenvalue weighted by atomic mass is 79.9. The molecule has 4 aliphatic rings. The van der Waals surface area contributed by atoms with Gasteiger partial charge in [0.1, 0.15) is 23.4 Å². The van der Waals surface area contributed by atoms with E-state index >= 15 is 4.39 Å². The Morgan fingerprint density at radius 1 is 0.859 bits per heavy atom. The van der Waals surface area contributed by atoms with Crippen LogP contribution in [0.1, 0.15) is 52.8 Å². The Bertz CT molecular complexity index is 3140. The highest BCUT2D eigenvalue weighted by Gasteiger charge is 2.45. The van der Waals surface area contributed by atoms with Crippen LogP contribution in [0.25, 0.3) is 22.2 Å². The van der Waals surface area contributed by atoms with Gasteiger partial charge < -0.3 is 30.1 Å². The lowest BCUT2D eigenvalue weighted by Gasteiger charge is -2.38. The average Bonchev–Trinajstić information content (AvgIpc) is 3.90. The number of fused-ring (bicyclic) bond motifs is 2. The van der Waals surface area contributed by atoms with Crippen LogP contribution in [0, 0.1) is 11.7 Å². The van der Waals surface area contributed by atoms with E-state index in [-0.39, 0.29) is 41.5 Å². The first-order valence-corrected chi connectivity index (χ1v) is 26.3. The first-order valence-electron chi connectivity index (χ1n) is 23.3. The van der Waals surface area contributed by atoms with Crippen molar-refractivity contribution in [2.45, 2.75) is 38.1 Å². The molecule has 22 heteroatoms. The summed E-state index contributed by atoms with van der Waals surface area (Å²) in [5.74, 6) is -1.65. The van der Waals surface area contributed by atoms with Crippen LogP contribution in [0.4, 0.5) is 38.9 Å². The molecule has 0 saturated carbocycles. The molecule has 1 unspecified atom stereocenters. The maximum absolute atomic E-state index is 15.6. The predicted octanol–water partition coefficient (Wildman–Crippen LogP) is 5.94. The molecule has 10 rings (SSSR count). The van der Waals surface area contributed by atoms with Crippen LogP contribution < -0.4 is 35.8 Å². The molecule has 3 fully saturated rings. The van der Waals surface area contributed by atoms with Crippen LogP contribution in [-0.4, -0.2) is 135 Å². The first kappa shape index (κ1) is 47.6. The number of piperazine rings is 1. The Hall–Kier alpha value is -7.12. The minimum Gasteiger partial charge on any atom is -0.494 e. The maximum Gasteiger partial charge on any atom is 0.262 e. The number of nitrogens with one attached hydrogen (secondary N) is 3. The fraction of sp³-hybridized carbons (Fsp3) is 0.347. The van der Waals surface area contributed by atoms with Gasteiger partial charge in [-0.2, -0.15) is 10.1 Å². The number of hydrogen-bond donors (Lipinski definition) is 3. The summed E-state index contributed by atoms with van der Waals surface area (Å²) < 4.78 is 24.0.